The third-order valence-corrected chi connectivity index (χ3v) is 8.01. The highest BCUT2D eigenvalue weighted by molar-refractivity contribution is 6.05. The number of carbonyl (C=O) groups excluding carboxylic acids is 3. The maximum Gasteiger partial charge on any atom is 0.315 e. The maximum absolute atomic E-state index is 13.1. The summed E-state index contributed by atoms with van der Waals surface area (Å²) in [6.45, 7) is 4.06. The molecule has 10 heteroatoms. The molecule has 2 aliphatic heterocycles. The molecular formula is C26H33N5O5. The second-order valence-corrected chi connectivity index (χ2v) is 10.0. The molecule has 36 heavy (non-hydrogen) atoms. The highest BCUT2D eigenvalue weighted by Crippen LogP contribution is 2.61. The van der Waals surface area contributed by atoms with Crippen LogP contribution in [-0.2, 0) is 22.7 Å². The molecule has 3 heterocycles. The summed E-state index contributed by atoms with van der Waals surface area (Å²) in [5.74, 6) is -0.106. The van der Waals surface area contributed by atoms with E-state index in [2.05, 4.69) is 15.5 Å². The van der Waals surface area contributed by atoms with Gasteiger partial charge in [0.05, 0.1) is 0 Å². The van der Waals surface area contributed by atoms with E-state index in [4.69, 9.17) is 4.42 Å². The standard InChI is InChI=1S/C24H27N5O5.C2H6/c30-13-29-19(31)5-4-18(22(29)33)28-12-15-3-2-14(8-17(15)21(28)32)11-25-23-27-26-20(34-23)16-9-24(10-16)6-1-7-24;1-2/h2-3,8,16,18,30H,1,4-7,9-13H2,(H,25,27);1-2H3. The van der Waals surface area contributed by atoms with Crippen molar-refractivity contribution >= 4 is 23.7 Å². The van der Waals surface area contributed by atoms with E-state index >= 15 is 0 Å². The van der Waals surface area contributed by atoms with Gasteiger partial charge in [-0.2, -0.15) is 0 Å². The Hall–Kier alpha value is -3.27. The maximum atomic E-state index is 13.1. The molecule has 0 bridgehead atoms. The number of anilines is 1. The second-order valence-electron chi connectivity index (χ2n) is 10.0. The summed E-state index contributed by atoms with van der Waals surface area (Å²) in [5, 5.41) is 20.8. The van der Waals surface area contributed by atoms with Crippen LogP contribution < -0.4 is 5.32 Å². The molecule has 2 aromatic rings. The number of likely N-dealkylation sites (tertiary alicyclic amines) is 1. The van der Waals surface area contributed by atoms with E-state index in [1.165, 1.54) is 24.2 Å². The third-order valence-electron chi connectivity index (χ3n) is 8.01. The summed E-state index contributed by atoms with van der Waals surface area (Å²) in [5.41, 5.74) is 2.81. The van der Waals surface area contributed by atoms with Crippen LogP contribution >= 0.6 is 0 Å². The molecule has 1 aromatic carbocycles. The minimum atomic E-state index is -0.742. The average Bonchev–Trinajstić information content (AvgIpc) is 3.42. The molecule has 2 N–H and O–H groups in total. The summed E-state index contributed by atoms with van der Waals surface area (Å²) in [4.78, 5) is 39.9. The molecule has 1 spiro atoms. The van der Waals surface area contributed by atoms with Crippen LogP contribution in [0.2, 0.25) is 0 Å². The van der Waals surface area contributed by atoms with E-state index in [0.717, 1.165) is 28.9 Å². The molecule has 3 amide bonds. The highest BCUT2D eigenvalue weighted by Gasteiger charge is 2.50. The van der Waals surface area contributed by atoms with Crippen molar-refractivity contribution in [2.24, 2.45) is 5.41 Å². The van der Waals surface area contributed by atoms with Crippen molar-refractivity contribution in [2.45, 2.75) is 83.8 Å². The Bertz CT molecular complexity index is 1170. The van der Waals surface area contributed by atoms with Crippen molar-refractivity contribution in [3.63, 3.8) is 0 Å². The van der Waals surface area contributed by atoms with Gasteiger partial charge in [0.1, 0.15) is 12.8 Å². The Balaban J connectivity index is 0.00000130. The Kier molecular flexibility index (Phi) is 6.55. The van der Waals surface area contributed by atoms with Crippen molar-refractivity contribution < 1.29 is 23.9 Å². The van der Waals surface area contributed by atoms with Gasteiger partial charge in [0, 0.05) is 31.0 Å². The fraction of sp³-hybridized carbons (Fsp3) is 0.577. The van der Waals surface area contributed by atoms with Gasteiger partial charge in [-0.05, 0) is 54.7 Å². The lowest BCUT2D eigenvalue weighted by Gasteiger charge is -2.53. The zero-order chi connectivity index (χ0) is 25.4. The SMILES string of the molecule is CC.O=C1CCC(N2Cc3ccc(CNc4nnc(C5CC6(CCC6)C5)o4)cc3C2=O)C(=O)N1CO. The first-order valence-corrected chi connectivity index (χ1v) is 12.9. The van der Waals surface area contributed by atoms with Crippen LogP contribution in [0, 0.1) is 5.41 Å². The van der Waals surface area contributed by atoms with Gasteiger partial charge >= 0.3 is 6.01 Å². The first-order valence-electron chi connectivity index (χ1n) is 12.9. The lowest BCUT2D eigenvalue weighted by Crippen LogP contribution is -2.54. The van der Waals surface area contributed by atoms with Crippen LogP contribution in [0.3, 0.4) is 0 Å². The van der Waals surface area contributed by atoms with Crippen LogP contribution in [-0.4, -0.2) is 55.6 Å². The predicted octanol–water partition coefficient (Wildman–Crippen LogP) is 3.18. The van der Waals surface area contributed by atoms with Crippen LogP contribution in [0.15, 0.2) is 22.6 Å². The average molecular weight is 496 g/mol. The molecule has 0 radical (unpaired) electrons. The van der Waals surface area contributed by atoms with Crippen molar-refractivity contribution in [3.8, 4) is 0 Å². The molecule has 6 rings (SSSR count). The number of amides is 3. The van der Waals surface area contributed by atoms with E-state index in [9.17, 15) is 19.5 Å². The van der Waals surface area contributed by atoms with E-state index in [-0.39, 0.29) is 18.7 Å². The van der Waals surface area contributed by atoms with Gasteiger partial charge in [0.2, 0.25) is 11.8 Å². The molecule has 192 valence electrons. The number of aliphatic hydroxyl groups is 1. The van der Waals surface area contributed by atoms with Crippen LogP contribution in [0.1, 0.15) is 92.1 Å². The van der Waals surface area contributed by atoms with Crippen molar-refractivity contribution in [1.82, 2.24) is 20.0 Å². The van der Waals surface area contributed by atoms with E-state index in [1.54, 1.807) is 0 Å². The summed E-state index contributed by atoms with van der Waals surface area (Å²) in [7, 11) is 0. The van der Waals surface area contributed by atoms with Gasteiger partial charge in [-0.25, -0.2) is 0 Å². The number of rotatable bonds is 6. The third kappa shape index (κ3) is 4.17. The summed E-state index contributed by atoms with van der Waals surface area (Å²) in [6, 6.07) is 5.26. The number of benzene rings is 1. The second kappa shape index (κ2) is 9.65. The Morgan fingerprint density at radius 1 is 1.17 bits per heavy atom. The molecule has 2 aliphatic carbocycles. The summed E-state index contributed by atoms with van der Waals surface area (Å²) >= 11 is 0. The van der Waals surface area contributed by atoms with Crippen LogP contribution in [0.4, 0.5) is 6.01 Å². The number of imide groups is 1. The normalized spacial score (nSPS) is 22.6. The lowest BCUT2D eigenvalue weighted by atomic mass is 9.52. The Labute approximate surface area is 210 Å². The summed E-state index contributed by atoms with van der Waals surface area (Å²) < 4.78 is 5.82. The molecule has 2 saturated carbocycles. The fourth-order valence-corrected chi connectivity index (χ4v) is 5.89. The number of nitrogens with one attached hydrogen (secondary N) is 1. The van der Waals surface area contributed by atoms with Crippen LogP contribution in [0.25, 0.3) is 0 Å². The quantitative estimate of drug-likeness (QED) is 0.585. The zero-order valence-corrected chi connectivity index (χ0v) is 20.8. The largest absolute Gasteiger partial charge is 0.408 e. The zero-order valence-electron chi connectivity index (χ0n) is 20.8. The number of carbonyl (C=O) groups is 3. The Morgan fingerprint density at radius 3 is 2.64 bits per heavy atom. The minimum Gasteiger partial charge on any atom is -0.408 e. The molecule has 10 nitrogen and oxygen atoms in total. The minimum absolute atomic E-state index is 0.125. The molecule has 1 unspecified atom stereocenters. The number of aromatic nitrogens is 2. The van der Waals surface area contributed by atoms with Gasteiger partial charge in [0.15, 0.2) is 0 Å². The molecule has 1 saturated heterocycles. The number of fused-ring (bicyclic) bond motifs is 1. The first-order chi connectivity index (χ1) is 17.5. The van der Waals surface area contributed by atoms with Crippen molar-refractivity contribution in [2.75, 3.05) is 12.0 Å². The van der Waals surface area contributed by atoms with Gasteiger partial charge in [0.25, 0.3) is 11.8 Å². The molecular weight excluding hydrogens is 462 g/mol. The molecule has 4 aliphatic rings. The smallest absolute Gasteiger partial charge is 0.315 e. The topological polar surface area (TPSA) is 129 Å². The monoisotopic (exact) mass is 495 g/mol. The number of hydrogen-bond acceptors (Lipinski definition) is 8. The number of aliphatic hydroxyl groups excluding tert-OH is 1. The van der Waals surface area contributed by atoms with Crippen LogP contribution in [0.5, 0.6) is 0 Å². The Morgan fingerprint density at radius 2 is 1.94 bits per heavy atom. The lowest BCUT2D eigenvalue weighted by molar-refractivity contribution is -0.156. The highest BCUT2D eigenvalue weighted by atomic mass is 16.4. The predicted molar refractivity (Wildman–Crippen MR) is 130 cm³/mol. The van der Waals surface area contributed by atoms with E-state index < -0.39 is 24.6 Å². The fourth-order valence-electron chi connectivity index (χ4n) is 5.89. The van der Waals surface area contributed by atoms with Gasteiger partial charge in [-0.1, -0.05) is 37.5 Å². The van der Waals surface area contributed by atoms with Crippen molar-refractivity contribution in [3.05, 3.63) is 40.8 Å². The summed E-state index contributed by atoms with van der Waals surface area (Å²) in [6.07, 6.45) is 6.66. The number of nitrogens with zero attached hydrogens (tertiary/aromatic N) is 4. The van der Waals surface area contributed by atoms with E-state index in [0.29, 0.717) is 41.9 Å². The molecule has 3 fully saturated rings. The number of hydrogen-bond donors (Lipinski definition) is 2. The molecule has 1 atom stereocenters. The van der Waals surface area contributed by atoms with Gasteiger partial charge < -0.3 is 19.7 Å². The van der Waals surface area contributed by atoms with E-state index in [1.807, 2.05) is 32.0 Å². The van der Waals surface area contributed by atoms with Gasteiger partial charge in [-0.3, -0.25) is 19.3 Å². The molecule has 1 aromatic heterocycles. The first kappa shape index (κ1) is 24.4. The number of piperidine rings is 1. The van der Waals surface area contributed by atoms with Gasteiger partial charge in [-0.15, -0.1) is 5.10 Å². The van der Waals surface area contributed by atoms with Crippen molar-refractivity contribution in [1.29, 1.82) is 0 Å².